The van der Waals surface area contributed by atoms with E-state index in [9.17, 15) is 4.79 Å². The van der Waals surface area contributed by atoms with Crippen molar-refractivity contribution in [2.45, 2.75) is 44.6 Å². The highest BCUT2D eigenvalue weighted by Crippen LogP contribution is 2.24. The highest BCUT2D eigenvalue weighted by Gasteiger charge is 2.13. The van der Waals surface area contributed by atoms with E-state index < -0.39 is 0 Å². The van der Waals surface area contributed by atoms with Gasteiger partial charge in [-0.3, -0.25) is 5.32 Å². The fraction of sp³-hybridized carbons (Fsp3) is 0.474. The zero-order chi connectivity index (χ0) is 17.3. The predicted octanol–water partition coefficient (Wildman–Crippen LogP) is 4.67. The highest BCUT2D eigenvalue weighted by atomic mass is 32.1. The van der Waals surface area contributed by atoms with Crippen LogP contribution >= 0.6 is 11.3 Å². The van der Waals surface area contributed by atoms with Crippen LogP contribution in [0.2, 0.25) is 0 Å². The zero-order valence-corrected chi connectivity index (χ0v) is 15.2. The molecule has 0 radical (unpaired) electrons. The van der Waals surface area contributed by atoms with E-state index in [1.165, 1.54) is 43.4 Å². The molecule has 0 saturated heterocycles. The Kier molecular flexibility index (Phi) is 6.82. The second-order valence-electron chi connectivity index (χ2n) is 6.27. The van der Waals surface area contributed by atoms with Gasteiger partial charge in [-0.25, -0.2) is 9.78 Å². The summed E-state index contributed by atoms with van der Waals surface area (Å²) >= 11 is 1.43. The molecule has 134 valence electrons. The molecule has 3 rings (SSSR count). The van der Waals surface area contributed by atoms with Gasteiger partial charge in [0.1, 0.15) is 0 Å². The number of ether oxygens (including phenoxy) is 1. The first-order valence-corrected chi connectivity index (χ1v) is 9.86. The number of urea groups is 1. The second-order valence-corrected chi connectivity index (χ2v) is 7.13. The van der Waals surface area contributed by atoms with Crippen molar-refractivity contribution < 1.29 is 9.53 Å². The summed E-state index contributed by atoms with van der Waals surface area (Å²) < 4.78 is 5.85. The molecule has 1 aromatic heterocycles. The lowest BCUT2D eigenvalue weighted by molar-refractivity contribution is 0.0276. The number of thiazole rings is 1. The van der Waals surface area contributed by atoms with Gasteiger partial charge >= 0.3 is 6.03 Å². The van der Waals surface area contributed by atoms with Crippen LogP contribution in [0.3, 0.4) is 0 Å². The first kappa shape index (κ1) is 17.9. The first-order chi connectivity index (χ1) is 12.3. The van der Waals surface area contributed by atoms with E-state index >= 15 is 0 Å². The minimum absolute atomic E-state index is 0.216. The fourth-order valence-corrected chi connectivity index (χ4v) is 3.68. The van der Waals surface area contributed by atoms with Crippen LogP contribution in [0.25, 0.3) is 11.3 Å². The molecule has 0 atom stereocenters. The maximum atomic E-state index is 11.9. The predicted molar refractivity (Wildman–Crippen MR) is 102 cm³/mol. The van der Waals surface area contributed by atoms with Crippen LogP contribution in [0.1, 0.15) is 38.5 Å². The fourth-order valence-electron chi connectivity index (χ4n) is 2.97. The van der Waals surface area contributed by atoms with Crippen molar-refractivity contribution in [1.29, 1.82) is 0 Å². The molecular formula is C19H25N3O2S. The molecule has 2 N–H and O–H groups in total. The maximum absolute atomic E-state index is 11.9. The summed E-state index contributed by atoms with van der Waals surface area (Å²) in [4.78, 5) is 16.4. The summed E-state index contributed by atoms with van der Waals surface area (Å²) in [5.74, 6) is 0. The monoisotopic (exact) mass is 359 g/mol. The van der Waals surface area contributed by atoms with E-state index in [0.29, 0.717) is 24.4 Å². The largest absolute Gasteiger partial charge is 0.378 e. The van der Waals surface area contributed by atoms with Crippen LogP contribution in [0.5, 0.6) is 0 Å². The lowest BCUT2D eigenvalue weighted by Gasteiger charge is -2.21. The number of hydrogen-bond acceptors (Lipinski definition) is 4. The van der Waals surface area contributed by atoms with Gasteiger partial charge in [-0.1, -0.05) is 49.6 Å². The molecule has 0 bridgehead atoms. The third kappa shape index (κ3) is 5.83. The summed E-state index contributed by atoms with van der Waals surface area (Å²) in [5, 5.41) is 8.20. The number of carbonyl (C=O) groups excluding carboxylic acids is 1. The van der Waals surface area contributed by atoms with E-state index in [-0.39, 0.29) is 6.03 Å². The van der Waals surface area contributed by atoms with Crippen molar-refractivity contribution in [2.75, 3.05) is 18.5 Å². The molecule has 5 nitrogen and oxygen atoms in total. The molecule has 2 aromatic rings. The van der Waals surface area contributed by atoms with Gasteiger partial charge in [0.15, 0.2) is 5.13 Å². The molecule has 0 aliphatic heterocycles. The summed E-state index contributed by atoms with van der Waals surface area (Å²) in [6.07, 6.45) is 7.52. The van der Waals surface area contributed by atoms with Gasteiger partial charge in [-0.15, -0.1) is 11.3 Å². The van der Waals surface area contributed by atoms with Gasteiger partial charge in [0.25, 0.3) is 0 Å². The average molecular weight is 359 g/mol. The van der Waals surface area contributed by atoms with Gasteiger partial charge in [0.05, 0.1) is 11.8 Å². The van der Waals surface area contributed by atoms with Gasteiger partial charge in [0.2, 0.25) is 0 Å². The van der Waals surface area contributed by atoms with Crippen LogP contribution < -0.4 is 10.6 Å². The standard InChI is InChI=1S/C19H25N3O2S/c23-18(20-12-7-13-24-16-10-5-2-6-11-16)22-19-21-17(14-25-19)15-8-3-1-4-9-15/h1,3-4,8-9,14,16H,2,5-7,10-13H2,(H2,20,21,22,23). The molecule has 25 heavy (non-hydrogen) atoms. The molecule has 1 aliphatic rings. The van der Waals surface area contributed by atoms with Crippen LogP contribution in [-0.2, 0) is 4.74 Å². The van der Waals surface area contributed by atoms with Crippen molar-refractivity contribution in [3.8, 4) is 11.3 Å². The Morgan fingerprint density at radius 3 is 2.80 bits per heavy atom. The summed E-state index contributed by atoms with van der Waals surface area (Å²) in [7, 11) is 0. The lowest BCUT2D eigenvalue weighted by Crippen LogP contribution is -2.30. The van der Waals surface area contributed by atoms with Crippen LogP contribution in [0.4, 0.5) is 9.93 Å². The van der Waals surface area contributed by atoms with Crippen molar-refractivity contribution in [3.05, 3.63) is 35.7 Å². The zero-order valence-electron chi connectivity index (χ0n) is 14.4. The second kappa shape index (κ2) is 9.53. The molecule has 1 saturated carbocycles. The summed E-state index contributed by atoms with van der Waals surface area (Å²) in [5.41, 5.74) is 1.92. The first-order valence-electron chi connectivity index (χ1n) is 8.98. The molecule has 1 heterocycles. The van der Waals surface area contributed by atoms with Crippen molar-refractivity contribution in [2.24, 2.45) is 0 Å². The third-order valence-corrected chi connectivity index (χ3v) is 5.06. The Morgan fingerprint density at radius 1 is 1.20 bits per heavy atom. The van der Waals surface area contributed by atoms with E-state index in [1.807, 2.05) is 35.7 Å². The number of nitrogens with zero attached hydrogens (tertiary/aromatic N) is 1. The summed E-state index contributed by atoms with van der Waals surface area (Å²) in [6.45, 7) is 1.32. The number of amides is 2. The van der Waals surface area contributed by atoms with E-state index in [0.717, 1.165) is 17.7 Å². The Morgan fingerprint density at radius 2 is 2.00 bits per heavy atom. The highest BCUT2D eigenvalue weighted by molar-refractivity contribution is 7.14. The minimum atomic E-state index is -0.216. The number of rotatable bonds is 7. The van der Waals surface area contributed by atoms with Crippen molar-refractivity contribution in [1.82, 2.24) is 10.3 Å². The molecule has 0 spiro atoms. The quantitative estimate of drug-likeness (QED) is 0.706. The number of hydrogen-bond donors (Lipinski definition) is 2. The smallest absolute Gasteiger partial charge is 0.321 e. The number of aromatic nitrogens is 1. The molecular weight excluding hydrogens is 334 g/mol. The molecule has 2 amide bonds. The lowest BCUT2D eigenvalue weighted by atomic mass is 9.98. The molecule has 1 aromatic carbocycles. The van der Waals surface area contributed by atoms with Crippen molar-refractivity contribution >= 4 is 22.5 Å². The van der Waals surface area contributed by atoms with Gasteiger partial charge < -0.3 is 10.1 Å². The average Bonchev–Trinajstić information content (AvgIpc) is 3.11. The molecule has 6 heteroatoms. The van der Waals surface area contributed by atoms with Crippen LogP contribution in [0.15, 0.2) is 35.7 Å². The van der Waals surface area contributed by atoms with E-state index in [4.69, 9.17) is 4.74 Å². The maximum Gasteiger partial charge on any atom is 0.321 e. The number of benzene rings is 1. The van der Waals surface area contributed by atoms with Gasteiger partial charge in [0, 0.05) is 24.1 Å². The Hall–Kier alpha value is -1.92. The third-order valence-electron chi connectivity index (χ3n) is 4.31. The van der Waals surface area contributed by atoms with Crippen LogP contribution in [0, 0.1) is 0 Å². The number of carbonyl (C=O) groups is 1. The SMILES string of the molecule is O=C(NCCCOC1CCCCC1)Nc1nc(-c2ccccc2)cs1. The van der Waals surface area contributed by atoms with E-state index in [1.54, 1.807) is 0 Å². The molecule has 1 aliphatic carbocycles. The number of anilines is 1. The van der Waals surface area contributed by atoms with Gasteiger partial charge in [-0.2, -0.15) is 0 Å². The normalized spacial score (nSPS) is 15.0. The summed E-state index contributed by atoms with van der Waals surface area (Å²) in [6, 6.07) is 9.72. The van der Waals surface area contributed by atoms with Crippen molar-refractivity contribution in [3.63, 3.8) is 0 Å². The Bertz CT molecular complexity index is 654. The molecule has 1 fully saturated rings. The van der Waals surface area contributed by atoms with E-state index in [2.05, 4.69) is 15.6 Å². The van der Waals surface area contributed by atoms with Crippen LogP contribution in [-0.4, -0.2) is 30.3 Å². The Balaban J connectivity index is 1.33. The minimum Gasteiger partial charge on any atom is -0.378 e. The topological polar surface area (TPSA) is 63.2 Å². The Labute approximate surface area is 152 Å². The number of nitrogens with one attached hydrogen (secondary N) is 2. The molecule has 0 unspecified atom stereocenters. The van der Waals surface area contributed by atoms with Gasteiger partial charge in [-0.05, 0) is 19.3 Å².